The first-order valence-electron chi connectivity index (χ1n) is 5.10. The van der Waals surface area contributed by atoms with E-state index >= 15 is 0 Å². The Bertz CT molecular complexity index is 441. The van der Waals surface area contributed by atoms with Crippen LogP contribution in [0.3, 0.4) is 0 Å². The van der Waals surface area contributed by atoms with Gasteiger partial charge in [0.15, 0.2) is 0 Å². The summed E-state index contributed by atoms with van der Waals surface area (Å²) in [6, 6.07) is 9.70. The van der Waals surface area contributed by atoms with Crippen LogP contribution in [0.2, 0.25) is 0 Å². The van der Waals surface area contributed by atoms with Crippen LogP contribution in [-0.2, 0) is 7.05 Å². The summed E-state index contributed by atoms with van der Waals surface area (Å²) in [4.78, 5) is 1.08. The van der Waals surface area contributed by atoms with E-state index < -0.39 is 6.10 Å². The molecule has 2 aromatic rings. The van der Waals surface area contributed by atoms with Crippen molar-refractivity contribution < 1.29 is 5.11 Å². The Hall–Kier alpha value is -1.26. The normalized spacial score (nSPS) is 12.6. The van der Waals surface area contributed by atoms with E-state index in [2.05, 4.69) is 5.10 Å². The minimum Gasteiger partial charge on any atom is -0.388 e. The number of nitrogens with zero attached hydrogens (tertiary/aromatic N) is 2. The summed E-state index contributed by atoms with van der Waals surface area (Å²) in [7, 11) is 1.89. The molecule has 0 aliphatic heterocycles. The van der Waals surface area contributed by atoms with Crippen LogP contribution in [0.4, 0.5) is 0 Å². The number of benzene rings is 1. The van der Waals surface area contributed by atoms with Gasteiger partial charge in [0.2, 0.25) is 0 Å². The minimum atomic E-state index is -0.425. The second-order valence-electron chi connectivity index (χ2n) is 3.59. The first-order valence-corrected chi connectivity index (χ1v) is 6.09. The van der Waals surface area contributed by atoms with Crippen LogP contribution >= 0.6 is 11.8 Å². The van der Waals surface area contributed by atoms with Gasteiger partial charge in [-0.2, -0.15) is 5.10 Å². The average molecular weight is 234 g/mol. The smallest absolute Gasteiger partial charge is 0.0883 e. The van der Waals surface area contributed by atoms with E-state index in [1.165, 1.54) is 0 Å². The molecule has 1 unspecified atom stereocenters. The van der Waals surface area contributed by atoms with Crippen LogP contribution in [0.25, 0.3) is 0 Å². The maximum absolute atomic E-state index is 9.94. The van der Waals surface area contributed by atoms with Crippen molar-refractivity contribution in [3.05, 3.63) is 48.3 Å². The number of aliphatic hydroxyl groups excluding tert-OH is 1. The zero-order valence-corrected chi connectivity index (χ0v) is 9.89. The maximum Gasteiger partial charge on any atom is 0.0883 e. The lowest BCUT2D eigenvalue weighted by Gasteiger charge is -2.09. The van der Waals surface area contributed by atoms with Gasteiger partial charge in [0, 0.05) is 23.9 Å². The van der Waals surface area contributed by atoms with Crippen molar-refractivity contribution in [2.45, 2.75) is 11.0 Å². The summed E-state index contributed by atoms with van der Waals surface area (Å²) in [6.45, 7) is 0. The molecule has 1 N–H and O–H groups in total. The van der Waals surface area contributed by atoms with Gasteiger partial charge < -0.3 is 5.11 Å². The molecule has 16 heavy (non-hydrogen) atoms. The van der Waals surface area contributed by atoms with Crippen molar-refractivity contribution in [3.63, 3.8) is 0 Å². The third-order valence-electron chi connectivity index (χ3n) is 2.27. The summed E-state index contributed by atoms with van der Waals surface area (Å²) >= 11 is 1.61. The Labute approximate surface area is 99.1 Å². The van der Waals surface area contributed by atoms with E-state index in [0.717, 1.165) is 10.5 Å². The number of aliphatic hydroxyl groups is 1. The van der Waals surface area contributed by atoms with Gasteiger partial charge in [-0.15, -0.1) is 11.8 Å². The van der Waals surface area contributed by atoms with Gasteiger partial charge in [0.25, 0.3) is 0 Å². The van der Waals surface area contributed by atoms with Gasteiger partial charge in [-0.05, 0) is 5.56 Å². The molecule has 0 radical (unpaired) electrons. The molecular formula is C12H14N2OS. The molecule has 0 bridgehead atoms. The fourth-order valence-electron chi connectivity index (χ4n) is 1.42. The van der Waals surface area contributed by atoms with Gasteiger partial charge in [0.1, 0.15) is 0 Å². The molecule has 0 fully saturated rings. The monoisotopic (exact) mass is 234 g/mol. The van der Waals surface area contributed by atoms with E-state index in [4.69, 9.17) is 0 Å². The number of hydrogen-bond donors (Lipinski definition) is 1. The molecule has 0 amide bonds. The Balaban J connectivity index is 1.91. The summed E-state index contributed by atoms with van der Waals surface area (Å²) in [5, 5.41) is 14.0. The topological polar surface area (TPSA) is 38.0 Å². The van der Waals surface area contributed by atoms with E-state index in [9.17, 15) is 5.11 Å². The van der Waals surface area contributed by atoms with Crippen molar-refractivity contribution in [1.29, 1.82) is 0 Å². The zero-order valence-electron chi connectivity index (χ0n) is 9.08. The lowest BCUT2D eigenvalue weighted by atomic mass is 10.1. The van der Waals surface area contributed by atoms with Crippen LogP contribution in [-0.4, -0.2) is 20.6 Å². The lowest BCUT2D eigenvalue weighted by molar-refractivity contribution is 0.204. The molecule has 1 aromatic carbocycles. The third kappa shape index (κ3) is 2.87. The number of aryl methyl sites for hydroxylation is 1. The molecule has 3 nitrogen and oxygen atoms in total. The number of thioether (sulfide) groups is 1. The minimum absolute atomic E-state index is 0.425. The van der Waals surface area contributed by atoms with Gasteiger partial charge in [-0.3, -0.25) is 4.68 Å². The van der Waals surface area contributed by atoms with Crippen molar-refractivity contribution in [2.75, 3.05) is 5.75 Å². The van der Waals surface area contributed by atoms with Crippen LogP contribution in [0.15, 0.2) is 47.6 Å². The predicted octanol–water partition coefficient (Wildman–Crippen LogP) is 2.25. The van der Waals surface area contributed by atoms with Crippen molar-refractivity contribution in [1.82, 2.24) is 9.78 Å². The Morgan fingerprint density at radius 3 is 2.75 bits per heavy atom. The predicted molar refractivity (Wildman–Crippen MR) is 65.3 cm³/mol. The van der Waals surface area contributed by atoms with Crippen LogP contribution in [0.5, 0.6) is 0 Å². The van der Waals surface area contributed by atoms with Crippen molar-refractivity contribution in [3.8, 4) is 0 Å². The maximum atomic E-state index is 9.94. The molecule has 2 rings (SSSR count). The Kier molecular flexibility index (Phi) is 3.64. The standard InChI is InChI=1S/C12H14N2OS/c1-14-8-11(7-13-14)16-9-12(15)10-5-3-2-4-6-10/h2-8,12,15H,9H2,1H3. The molecular weight excluding hydrogens is 220 g/mol. The summed E-state index contributed by atoms with van der Waals surface area (Å²) in [5.74, 6) is 0.649. The van der Waals surface area contributed by atoms with Crippen LogP contribution < -0.4 is 0 Å². The van der Waals surface area contributed by atoms with E-state index in [1.54, 1.807) is 16.4 Å². The number of aromatic nitrogens is 2. The second-order valence-corrected chi connectivity index (χ2v) is 4.68. The average Bonchev–Trinajstić information content (AvgIpc) is 2.73. The van der Waals surface area contributed by atoms with Gasteiger partial charge >= 0.3 is 0 Å². The van der Waals surface area contributed by atoms with E-state index in [1.807, 2.05) is 49.8 Å². The fourth-order valence-corrected chi connectivity index (χ4v) is 2.31. The zero-order chi connectivity index (χ0) is 11.4. The highest BCUT2D eigenvalue weighted by molar-refractivity contribution is 7.99. The second kappa shape index (κ2) is 5.18. The molecule has 1 aromatic heterocycles. The van der Waals surface area contributed by atoms with Crippen molar-refractivity contribution in [2.24, 2.45) is 7.05 Å². The van der Waals surface area contributed by atoms with Crippen molar-refractivity contribution >= 4 is 11.8 Å². The summed E-state index contributed by atoms with van der Waals surface area (Å²) in [6.07, 6.45) is 3.33. The Morgan fingerprint density at radius 1 is 1.38 bits per heavy atom. The first-order chi connectivity index (χ1) is 7.75. The molecule has 0 saturated heterocycles. The molecule has 0 aliphatic rings. The first kappa shape index (κ1) is 11.2. The molecule has 0 spiro atoms. The molecule has 1 atom stereocenters. The molecule has 1 heterocycles. The quantitative estimate of drug-likeness (QED) is 0.824. The number of hydrogen-bond acceptors (Lipinski definition) is 3. The summed E-state index contributed by atoms with van der Waals surface area (Å²) in [5.41, 5.74) is 0.957. The highest BCUT2D eigenvalue weighted by Gasteiger charge is 2.07. The molecule has 0 saturated carbocycles. The third-order valence-corrected chi connectivity index (χ3v) is 3.30. The Morgan fingerprint density at radius 2 is 2.12 bits per heavy atom. The highest BCUT2D eigenvalue weighted by atomic mass is 32.2. The lowest BCUT2D eigenvalue weighted by Crippen LogP contribution is -1.99. The molecule has 0 aliphatic carbocycles. The van der Waals surface area contributed by atoms with E-state index in [-0.39, 0.29) is 0 Å². The number of rotatable bonds is 4. The van der Waals surface area contributed by atoms with Gasteiger partial charge in [-0.1, -0.05) is 30.3 Å². The molecule has 84 valence electrons. The van der Waals surface area contributed by atoms with Gasteiger partial charge in [-0.25, -0.2) is 0 Å². The molecule has 4 heteroatoms. The van der Waals surface area contributed by atoms with Gasteiger partial charge in [0.05, 0.1) is 12.3 Å². The highest BCUT2D eigenvalue weighted by Crippen LogP contribution is 2.23. The van der Waals surface area contributed by atoms with Crippen LogP contribution in [0.1, 0.15) is 11.7 Å². The SMILES string of the molecule is Cn1cc(SCC(O)c2ccccc2)cn1. The van der Waals surface area contributed by atoms with Crippen LogP contribution in [0, 0.1) is 0 Å². The fraction of sp³-hybridized carbons (Fsp3) is 0.250. The van der Waals surface area contributed by atoms with E-state index in [0.29, 0.717) is 5.75 Å². The largest absolute Gasteiger partial charge is 0.388 e. The summed E-state index contributed by atoms with van der Waals surface area (Å²) < 4.78 is 1.76.